The van der Waals surface area contributed by atoms with Crippen molar-refractivity contribution in [1.82, 2.24) is 14.8 Å². The lowest BCUT2D eigenvalue weighted by molar-refractivity contribution is 0.0948. The third-order valence-corrected chi connectivity index (χ3v) is 16.2. The van der Waals surface area contributed by atoms with E-state index in [1.165, 1.54) is 60.5 Å². The third kappa shape index (κ3) is 9.79. The molecule has 5 amide bonds. The molecule has 348 valence electrons. The minimum Gasteiger partial charge on any atom is -0.492 e. The number of ketones is 1. The van der Waals surface area contributed by atoms with Crippen LogP contribution in [0.3, 0.4) is 0 Å². The monoisotopic (exact) mass is 963 g/mol. The zero-order valence-corrected chi connectivity index (χ0v) is 39.2. The van der Waals surface area contributed by atoms with Gasteiger partial charge in [0, 0.05) is 34.4 Å². The summed E-state index contributed by atoms with van der Waals surface area (Å²) in [6.45, 7) is 1.83. The van der Waals surface area contributed by atoms with Crippen LogP contribution in [-0.2, 0) is 71.4 Å². The summed E-state index contributed by atoms with van der Waals surface area (Å²) < 4.78 is 63.3. The number of ether oxygens (including phenoxy) is 1. The van der Waals surface area contributed by atoms with Gasteiger partial charge in [0.25, 0.3) is 26.0 Å². The highest BCUT2D eigenvalue weighted by molar-refractivity contribution is 7.90. The van der Waals surface area contributed by atoms with Crippen LogP contribution in [0.4, 0.5) is 21.0 Å². The molecule has 17 heteroatoms. The van der Waals surface area contributed by atoms with E-state index in [0.29, 0.717) is 41.3 Å². The van der Waals surface area contributed by atoms with Gasteiger partial charge < -0.3 is 20.7 Å². The summed E-state index contributed by atoms with van der Waals surface area (Å²) in [5, 5.41) is 8.98. The van der Waals surface area contributed by atoms with E-state index in [1.54, 1.807) is 24.3 Å². The molecular weight excluding hydrogens is 914 g/mol. The van der Waals surface area contributed by atoms with Crippen LogP contribution in [-0.4, -0.2) is 53.7 Å². The zero-order valence-electron chi connectivity index (χ0n) is 36.9. The maximum Gasteiger partial charge on any atom is 0.333 e. The number of hydrogen-bond donors (Lipinski definition) is 5. The van der Waals surface area contributed by atoms with Crippen molar-refractivity contribution in [2.24, 2.45) is 0 Å². The molecule has 0 saturated heterocycles. The Balaban J connectivity index is 0.803. The molecule has 4 aliphatic rings. The predicted octanol–water partition coefficient (Wildman–Crippen LogP) is 8.11. The van der Waals surface area contributed by atoms with Crippen molar-refractivity contribution >= 4 is 66.8 Å². The summed E-state index contributed by atoms with van der Waals surface area (Å²) in [6.07, 6.45) is 9.79. The van der Waals surface area contributed by atoms with Crippen LogP contribution in [0, 0.1) is 0 Å². The molecule has 1 unspecified atom stereocenters. The summed E-state index contributed by atoms with van der Waals surface area (Å²) in [4.78, 5) is 51.4. The molecule has 0 radical (unpaired) electrons. The van der Waals surface area contributed by atoms with Gasteiger partial charge >= 0.3 is 12.1 Å². The van der Waals surface area contributed by atoms with E-state index in [1.807, 2.05) is 0 Å². The summed E-state index contributed by atoms with van der Waals surface area (Å²) in [7, 11) is -8.39. The van der Waals surface area contributed by atoms with Gasteiger partial charge in [-0.25, -0.2) is 35.9 Å². The first-order chi connectivity index (χ1) is 32.1. The van der Waals surface area contributed by atoms with Crippen LogP contribution in [0.15, 0.2) is 88.7 Å². The number of halogens is 1. The van der Waals surface area contributed by atoms with Crippen molar-refractivity contribution in [1.29, 1.82) is 0 Å². The maximum atomic E-state index is 13.6. The van der Waals surface area contributed by atoms with Crippen molar-refractivity contribution in [3.63, 3.8) is 0 Å². The molecule has 5 aromatic rings. The number of hydrogen-bond acceptors (Lipinski definition) is 9. The normalized spacial score (nSPS) is 15.8. The second-order valence-corrected chi connectivity index (χ2v) is 21.4. The van der Waals surface area contributed by atoms with E-state index >= 15 is 0 Å². The highest BCUT2D eigenvalue weighted by atomic mass is 35.5. The fraction of sp³-hybridized carbons (Fsp3) is 0.320. The SMILES string of the molecule is CC(=O)c1ccc(S(=O)(=O)NC(=O)Nc2c3c(cc4c2CCC4COc2ccc(Cl)cc2C(=O)NCCc2ccc(S(=O)(=O)NC(=O)Nc4c5c(cc6c4CCC6)CCC5)cc2)CCC3)cc1. The van der Waals surface area contributed by atoms with Crippen LogP contribution in [0.5, 0.6) is 5.75 Å². The lowest BCUT2D eigenvalue weighted by Crippen LogP contribution is -2.35. The Morgan fingerprint density at radius 3 is 1.75 bits per heavy atom. The Kier molecular flexibility index (Phi) is 12.9. The Morgan fingerprint density at radius 2 is 1.18 bits per heavy atom. The molecule has 0 saturated carbocycles. The van der Waals surface area contributed by atoms with E-state index in [9.17, 15) is 36.0 Å². The van der Waals surface area contributed by atoms with E-state index in [4.69, 9.17) is 16.3 Å². The van der Waals surface area contributed by atoms with Crippen LogP contribution in [0.25, 0.3) is 0 Å². The Hall–Kier alpha value is -6.23. The molecule has 0 fully saturated rings. The summed E-state index contributed by atoms with van der Waals surface area (Å²) in [6, 6.07) is 19.1. The molecule has 5 N–H and O–H groups in total. The molecule has 4 aliphatic carbocycles. The predicted molar refractivity (Wildman–Crippen MR) is 255 cm³/mol. The number of amides is 5. The molecule has 0 bridgehead atoms. The molecule has 5 aromatic carbocycles. The number of benzene rings is 5. The molecule has 0 spiro atoms. The average molecular weight is 965 g/mol. The van der Waals surface area contributed by atoms with Gasteiger partial charge in [0.15, 0.2) is 5.78 Å². The zero-order chi connectivity index (χ0) is 47.0. The molecule has 67 heavy (non-hydrogen) atoms. The van der Waals surface area contributed by atoms with E-state index in [2.05, 4.69) is 37.5 Å². The maximum absolute atomic E-state index is 13.6. The van der Waals surface area contributed by atoms with Gasteiger partial charge in [-0.3, -0.25) is 9.59 Å². The van der Waals surface area contributed by atoms with Crippen molar-refractivity contribution in [3.05, 3.63) is 145 Å². The summed E-state index contributed by atoms with van der Waals surface area (Å²) in [5.74, 6) is -0.362. The van der Waals surface area contributed by atoms with Gasteiger partial charge in [0.1, 0.15) is 5.75 Å². The molecule has 0 aromatic heterocycles. The lowest BCUT2D eigenvalue weighted by atomic mass is 9.95. The Labute approximate surface area is 394 Å². The van der Waals surface area contributed by atoms with Crippen LogP contribution >= 0.6 is 11.6 Å². The van der Waals surface area contributed by atoms with Gasteiger partial charge in [-0.1, -0.05) is 48.0 Å². The topological polar surface area (TPSA) is 206 Å². The molecule has 9 rings (SSSR count). The highest BCUT2D eigenvalue weighted by Crippen LogP contribution is 2.44. The molecule has 14 nitrogen and oxygen atoms in total. The molecule has 1 atom stereocenters. The molecular formula is C50H50ClN5O9S2. The van der Waals surface area contributed by atoms with Gasteiger partial charge in [-0.15, -0.1) is 0 Å². The summed E-state index contributed by atoms with van der Waals surface area (Å²) >= 11 is 6.35. The highest BCUT2D eigenvalue weighted by Gasteiger charge is 2.32. The number of carbonyl (C=O) groups is 4. The Bertz CT molecular complexity index is 3030. The molecule has 0 aliphatic heterocycles. The van der Waals surface area contributed by atoms with Crippen molar-refractivity contribution < 1.29 is 40.8 Å². The number of carbonyl (C=O) groups excluding carboxylic acids is 4. The van der Waals surface area contributed by atoms with E-state index in [0.717, 1.165) is 102 Å². The van der Waals surface area contributed by atoms with Crippen LogP contribution < -0.4 is 30.1 Å². The standard InChI is InChI=1S/C50H50ClN5O9S2/c1-29(57)31-13-19-38(20-14-31)67(63,64)56-50(60)54-47-41-10-4-7-34(41)26-43-35(15-21-42(43)47)28-65-45-22-16-36(51)27-44(45)48(58)52-24-23-30-11-17-37(18-12-30)66(61,62)55-49(59)53-46-39-8-2-5-32(39)25-33-6-3-9-40(33)46/h11-14,16-20,22,25-27,35H,2-10,15,21,23-24,28H2,1H3,(H,52,58)(H2,53,55,59)(H2,54,56,60). The second kappa shape index (κ2) is 18.8. The number of urea groups is 2. The number of sulfonamides is 2. The van der Waals surface area contributed by atoms with Crippen molar-refractivity contribution in [2.45, 2.75) is 99.7 Å². The number of Topliss-reactive ketones (excluding diaryl/α,β-unsaturated/α-hetero) is 1. The number of rotatable bonds is 14. The van der Waals surface area contributed by atoms with Crippen molar-refractivity contribution in [3.8, 4) is 5.75 Å². The molecule has 0 heterocycles. The smallest absolute Gasteiger partial charge is 0.333 e. The minimum atomic E-state index is -4.22. The van der Waals surface area contributed by atoms with Gasteiger partial charge in [0.2, 0.25) is 0 Å². The minimum absolute atomic E-state index is 0.0622. The Morgan fingerprint density at radius 1 is 0.642 bits per heavy atom. The van der Waals surface area contributed by atoms with Gasteiger partial charge in [-0.05, 0) is 177 Å². The third-order valence-electron chi connectivity index (χ3n) is 13.3. The lowest BCUT2D eigenvalue weighted by Gasteiger charge is -2.19. The first-order valence-corrected chi connectivity index (χ1v) is 25.9. The fourth-order valence-corrected chi connectivity index (χ4v) is 12.0. The van der Waals surface area contributed by atoms with Crippen molar-refractivity contribution in [2.75, 3.05) is 23.8 Å². The fourth-order valence-electron chi connectivity index (χ4n) is 9.97. The van der Waals surface area contributed by atoms with Crippen LogP contribution in [0.1, 0.15) is 109 Å². The number of fused-ring (bicyclic) bond motifs is 4. The number of nitrogens with one attached hydrogen (secondary N) is 5. The summed E-state index contributed by atoms with van der Waals surface area (Å²) in [5.41, 5.74) is 11.4. The first-order valence-electron chi connectivity index (χ1n) is 22.6. The quantitative estimate of drug-likeness (QED) is 0.0681. The van der Waals surface area contributed by atoms with E-state index in [-0.39, 0.29) is 40.2 Å². The average Bonchev–Trinajstić information content (AvgIpc) is 4.14. The first kappa shape index (κ1) is 45.9. The largest absolute Gasteiger partial charge is 0.492 e. The number of aryl methyl sites for hydroxylation is 3. The van der Waals surface area contributed by atoms with Gasteiger partial charge in [0.05, 0.1) is 22.0 Å². The van der Waals surface area contributed by atoms with Crippen LogP contribution in [0.2, 0.25) is 5.02 Å². The van der Waals surface area contributed by atoms with E-state index < -0.39 is 38.0 Å². The second-order valence-electron chi connectivity index (χ2n) is 17.6. The number of anilines is 2. The van der Waals surface area contributed by atoms with Gasteiger partial charge in [-0.2, -0.15) is 0 Å².